The second-order valence-corrected chi connectivity index (χ2v) is 7.05. The highest BCUT2D eigenvalue weighted by atomic mass is 32.2. The zero-order valence-corrected chi connectivity index (χ0v) is 14.0. The average molecular weight is 366 g/mol. The summed E-state index contributed by atoms with van der Waals surface area (Å²) >= 11 is 2.61. The van der Waals surface area contributed by atoms with E-state index >= 15 is 0 Å². The summed E-state index contributed by atoms with van der Waals surface area (Å²) in [6.07, 6.45) is 0. The van der Waals surface area contributed by atoms with Crippen molar-refractivity contribution >= 4 is 34.7 Å². The van der Waals surface area contributed by atoms with E-state index in [0.717, 1.165) is 28.8 Å². The zero-order valence-electron chi connectivity index (χ0n) is 12.4. The van der Waals surface area contributed by atoms with Gasteiger partial charge in [-0.3, -0.25) is 9.89 Å². The number of hydrogen-bond donors (Lipinski definition) is 2. The van der Waals surface area contributed by atoms with Crippen LogP contribution in [0.1, 0.15) is 6.92 Å². The quantitative estimate of drug-likeness (QED) is 0.671. The first-order valence-electron chi connectivity index (χ1n) is 6.92. The van der Waals surface area contributed by atoms with Crippen molar-refractivity contribution < 1.29 is 13.6 Å². The van der Waals surface area contributed by atoms with Crippen LogP contribution in [-0.2, 0) is 4.79 Å². The first-order chi connectivity index (χ1) is 11.5. The Morgan fingerprint density at radius 2 is 2.04 bits per heavy atom. The van der Waals surface area contributed by atoms with E-state index in [9.17, 15) is 13.6 Å². The van der Waals surface area contributed by atoms with Crippen molar-refractivity contribution in [1.29, 1.82) is 0 Å². The van der Waals surface area contributed by atoms with Gasteiger partial charge in [0, 0.05) is 0 Å². The minimum Gasteiger partial charge on any atom is -0.320 e. The number of carbonyl (C=O) groups is 1. The van der Waals surface area contributed by atoms with Gasteiger partial charge in [0.25, 0.3) is 0 Å². The normalized spacial score (nSPS) is 12.1. The number of nitrogens with zero attached hydrogens (tertiary/aromatic N) is 2. The summed E-state index contributed by atoms with van der Waals surface area (Å²) in [6.45, 7) is 1.61. The highest BCUT2D eigenvalue weighted by Crippen LogP contribution is 2.26. The van der Waals surface area contributed by atoms with Gasteiger partial charge in [-0.25, -0.2) is 13.8 Å². The molecule has 0 saturated carbocycles. The molecule has 0 aliphatic heterocycles. The third-order valence-electron chi connectivity index (χ3n) is 3.08. The molecule has 0 bridgehead atoms. The van der Waals surface area contributed by atoms with Gasteiger partial charge in [-0.05, 0) is 30.5 Å². The Morgan fingerprint density at radius 3 is 2.71 bits per heavy atom. The summed E-state index contributed by atoms with van der Waals surface area (Å²) in [4.78, 5) is 17.4. The number of para-hydroxylation sites is 1. The molecule has 3 aromatic rings. The van der Waals surface area contributed by atoms with Gasteiger partial charge in [-0.15, -0.1) is 16.4 Å². The van der Waals surface area contributed by atoms with E-state index in [2.05, 4.69) is 20.5 Å². The average Bonchev–Trinajstić information content (AvgIpc) is 3.21. The molecule has 2 heterocycles. The largest absolute Gasteiger partial charge is 0.320 e. The lowest BCUT2D eigenvalue weighted by Crippen LogP contribution is -2.23. The molecule has 124 valence electrons. The number of rotatable bonds is 5. The van der Waals surface area contributed by atoms with Crippen LogP contribution in [0.3, 0.4) is 0 Å². The molecule has 3 rings (SSSR count). The van der Waals surface area contributed by atoms with E-state index in [4.69, 9.17) is 0 Å². The lowest BCUT2D eigenvalue weighted by atomic mass is 10.3. The summed E-state index contributed by atoms with van der Waals surface area (Å²) < 4.78 is 27.1. The first kappa shape index (κ1) is 16.6. The molecular formula is C15H12F2N4OS2. The summed E-state index contributed by atoms with van der Waals surface area (Å²) in [5.41, 5.74) is -0.454. The van der Waals surface area contributed by atoms with E-state index in [-0.39, 0.29) is 0 Å². The van der Waals surface area contributed by atoms with Crippen LogP contribution >= 0.6 is 23.1 Å². The highest BCUT2D eigenvalue weighted by molar-refractivity contribution is 8.00. The van der Waals surface area contributed by atoms with Crippen molar-refractivity contribution in [2.24, 2.45) is 0 Å². The number of aromatic amines is 1. The van der Waals surface area contributed by atoms with Crippen LogP contribution in [0.15, 0.2) is 40.9 Å². The summed E-state index contributed by atoms with van der Waals surface area (Å²) in [6, 6.07) is 7.20. The number of benzene rings is 1. The topological polar surface area (TPSA) is 70.7 Å². The van der Waals surface area contributed by atoms with E-state index in [0.29, 0.717) is 11.0 Å². The Kier molecular flexibility index (Phi) is 4.91. The fourth-order valence-corrected chi connectivity index (χ4v) is 3.26. The maximum atomic E-state index is 13.6. The van der Waals surface area contributed by atoms with Gasteiger partial charge >= 0.3 is 0 Å². The summed E-state index contributed by atoms with van der Waals surface area (Å²) in [5, 5.41) is 10.8. The molecule has 2 N–H and O–H groups in total. The third kappa shape index (κ3) is 3.62. The molecule has 1 aromatic carbocycles. The molecule has 1 amide bonds. The summed E-state index contributed by atoms with van der Waals surface area (Å²) in [7, 11) is 0. The van der Waals surface area contributed by atoms with Gasteiger partial charge in [0.2, 0.25) is 11.1 Å². The van der Waals surface area contributed by atoms with E-state index in [1.54, 1.807) is 6.92 Å². The van der Waals surface area contributed by atoms with Crippen LogP contribution in [0.4, 0.5) is 14.5 Å². The molecule has 0 saturated heterocycles. The maximum Gasteiger partial charge on any atom is 0.237 e. The minimum absolute atomic E-state index is 0.384. The Balaban J connectivity index is 1.66. The fraction of sp³-hybridized carbons (Fsp3) is 0.133. The number of aromatic nitrogens is 3. The van der Waals surface area contributed by atoms with Crippen molar-refractivity contribution in [2.75, 3.05) is 5.32 Å². The van der Waals surface area contributed by atoms with E-state index in [1.165, 1.54) is 17.4 Å². The highest BCUT2D eigenvalue weighted by Gasteiger charge is 2.20. The van der Waals surface area contributed by atoms with Crippen LogP contribution < -0.4 is 5.32 Å². The Morgan fingerprint density at radius 1 is 1.29 bits per heavy atom. The van der Waals surface area contributed by atoms with Crippen molar-refractivity contribution in [3.8, 4) is 10.7 Å². The van der Waals surface area contributed by atoms with Crippen molar-refractivity contribution in [3.63, 3.8) is 0 Å². The van der Waals surface area contributed by atoms with Crippen molar-refractivity contribution in [2.45, 2.75) is 17.3 Å². The molecule has 2 aromatic heterocycles. The van der Waals surface area contributed by atoms with Crippen molar-refractivity contribution in [1.82, 2.24) is 15.2 Å². The second-order valence-electron chi connectivity index (χ2n) is 4.79. The number of hydrogen-bond acceptors (Lipinski definition) is 5. The van der Waals surface area contributed by atoms with Crippen LogP contribution in [0.5, 0.6) is 0 Å². The fourth-order valence-electron chi connectivity index (χ4n) is 1.88. The molecule has 5 nitrogen and oxygen atoms in total. The SMILES string of the molecule is C[C@H](Sc1n[nH]c(-c2cccs2)n1)C(=O)Nc1c(F)cccc1F. The molecule has 0 spiro atoms. The van der Waals surface area contributed by atoms with Gasteiger partial charge in [-0.2, -0.15) is 0 Å². The Hall–Kier alpha value is -2.26. The Labute approximate surface area is 144 Å². The molecule has 0 aliphatic carbocycles. The number of thiophene rings is 1. The van der Waals surface area contributed by atoms with Crippen LogP contribution in [0, 0.1) is 11.6 Å². The number of anilines is 1. The van der Waals surface area contributed by atoms with Gasteiger partial charge in [0.1, 0.15) is 17.3 Å². The van der Waals surface area contributed by atoms with E-state index in [1.807, 2.05) is 17.5 Å². The van der Waals surface area contributed by atoms with Crippen molar-refractivity contribution in [3.05, 3.63) is 47.3 Å². The minimum atomic E-state index is -0.821. The number of amides is 1. The molecule has 0 radical (unpaired) electrons. The molecule has 1 atom stereocenters. The van der Waals surface area contributed by atoms with Gasteiger partial charge < -0.3 is 5.32 Å². The lowest BCUT2D eigenvalue weighted by molar-refractivity contribution is -0.115. The maximum absolute atomic E-state index is 13.6. The summed E-state index contributed by atoms with van der Waals surface area (Å²) in [5.74, 6) is -1.57. The molecule has 24 heavy (non-hydrogen) atoms. The monoisotopic (exact) mass is 366 g/mol. The van der Waals surface area contributed by atoms with Crippen LogP contribution in [-0.4, -0.2) is 26.3 Å². The predicted octanol–water partition coefficient (Wildman–Crippen LogP) is 3.93. The van der Waals surface area contributed by atoms with E-state index < -0.39 is 28.5 Å². The Bertz CT molecular complexity index is 831. The third-order valence-corrected chi connectivity index (χ3v) is 4.92. The predicted molar refractivity (Wildman–Crippen MR) is 90.0 cm³/mol. The number of halogens is 2. The molecular weight excluding hydrogens is 354 g/mol. The standard InChI is InChI=1S/C15H12F2N4OS2/c1-8(14(22)18-12-9(16)4-2-5-10(12)17)24-15-19-13(20-21-15)11-6-3-7-23-11/h2-8H,1H3,(H,18,22)(H,19,20,21)/t8-/m0/s1. The molecule has 9 heteroatoms. The van der Waals surface area contributed by atoms with Gasteiger partial charge in [-0.1, -0.05) is 23.9 Å². The lowest BCUT2D eigenvalue weighted by Gasteiger charge is -2.11. The zero-order chi connectivity index (χ0) is 17.1. The second kappa shape index (κ2) is 7.10. The smallest absolute Gasteiger partial charge is 0.237 e. The van der Waals surface area contributed by atoms with Gasteiger partial charge in [0.05, 0.1) is 10.1 Å². The number of nitrogens with one attached hydrogen (secondary N) is 2. The van der Waals surface area contributed by atoms with Crippen LogP contribution in [0.25, 0.3) is 10.7 Å². The first-order valence-corrected chi connectivity index (χ1v) is 8.68. The molecule has 0 fully saturated rings. The number of H-pyrrole nitrogens is 1. The number of carbonyl (C=O) groups excluding carboxylic acids is 1. The molecule has 0 unspecified atom stereocenters. The number of thioether (sulfide) groups is 1. The van der Waals surface area contributed by atoms with Crippen LogP contribution in [0.2, 0.25) is 0 Å². The van der Waals surface area contributed by atoms with Gasteiger partial charge in [0.15, 0.2) is 5.82 Å². The molecule has 0 aliphatic rings.